The Labute approximate surface area is 223 Å². The second-order valence-electron chi connectivity index (χ2n) is 8.34. The normalized spacial score (nSPS) is 12.1. The fourth-order valence-corrected chi connectivity index (χ4v) is 3.42. The lowest BCUT2D eigenvalue weighted by atomic mass is 10.1. The van der Waals surface area contributed by atoms with Crippen molar-refractivity contribution in [1.82, 2.24) is 5.32 Å². The average molecular weight is 540 g/mol. The highest BCUT2D eigenvalue weighted by atomic mass is 35.5. The van der Waals surface area contributed by atoms with Gasteiger partial charge in [-0.05, 0) is 68.0 Å². The molecule has 0 aliphatic rings. The summed E-state index contributed by atoms with van der Waals surface area (Å²) in [5, 5.41) is 24.1. The number of carbonyl (C=O) groups is 1. The minimum absolute atomic E-state index is 0.0200. The van der Waals surface area contributed by atoms with E-state index in [1.165, 1.54) is 30.3 Å². The second kappa shape index (κ2) is 12.2. The van der Waals surface area contributed by atoms with Gasteiger partial charge in [0, 0.05) is 22.7 Å². The first kappa shape index (κ1) is 28.2. The minimum atomic E-state index is -4.84. The van der Waals surface area contributed by atoms with Gasteiger partial charge in [0.05, 0.1) is 10.7 Å². The third-order valence-electron chi connectivity index (χ3n) is 5.13. The average Bonchev–Trinajstić information content (AvgIpc) is 2.85. The number of benzene rings is 3. The number of halogens is 4. The molecule has 0 saturated carbocycles. The van der Waals surface area contributed by atoms with E-state index in [2.05, 4.69) is 16.0 Å². The summed E-state index contributed by atoms with van der Waals surface area (Å²) in [5.74, 6) is -0.202. The molecule has 6 nitrogen and oxygen atoms in total. The summed E-state index contributed by atoms with van der Waals surface area (Å²) in [4.78, 5) is 12.9. The van der Waals surface area contributed by atoms with Crippen molar-refractivity contribution >= 4 is 46.0 Å². The van der Waals surface area contributed by atoms with E-state index in [4.69, 9.17) is 22.4 Å². The number of carbonyl (C=O) groups excluding carboxylic acids is 1. The molecule has 5 N–H and O–H groups in total. The summed E-state index contributed by atoms with van der Waals surface area (Å²) in [6, 6.07) is 19.8. The minimum Gasteiger partial charge on any atom is -0.354 e. The maximum absolute atomic E-state index is 13.1. The first-order valence-electron chi connectivity index (χ1n) is 11.3. The molecule has 0 radical (unpaired) electrons. The Morgan fingerprint density at radius 2 is 1.47 bits per heavy atom. The van der Waals surface area contributed by atoms with E-state index in [-0.39, 0.29) is 27.8 Å². The van der Waals surface area contributed by atoms with Crippen molar-refractivity contribution in [3.8, 4) is 0 Å². The molecule has 0 atom stereocenters. The maximum Gasteiger partial charge on any atom is 0.432 e. The van der Waals surface area contributed by atoms with Crippen LogP contribution in [0.15, 0.2) is 90.8 Å². The SMILES string of the molecule is CC(=N)/C=C(/NC(=O)c1ccc(/C(=C/C(=N)C(F)(F)F)Nc2ccccc2Cl)cc1)Nc1ccc(C)cc1. The molecule has 3 rings (SSSR count). The van der Waals surface area contributed by atoms with E-state index in [0.29, 0.717) is 23.0 Å². The van der Waals surface area contributed by atoms with Crippen LogP contribution in [0.1, 0.15) is 28.4 Å². The number of allylic oxidation sites excluding steroid dienone is 2. The monoisotopic (exact) mass is 539 g/mol. The van der Waals surface area contributed by atoms with Crippen LogP contribution in [-0.2, 0) is 0 Å². The summed E-state index contributed by atoms with van der Waals surface area (Å²) in [7, 11) is 0. The molecule has 0 heterocycles. The Morgan fingerprint density at radius 3 is 2.05 bits per heavy atom. The fraction of sp³-hybridized carbons (Fsp3) is 0.107. The molecule has 0 spiro atoms. The van der Waals surface area contributed by atoms with Crippen molar-refractivity contribution in [2.24, 2.45) is 0 Å². The molecule has 10 heteroatoms. The van der Waals surface area contributed by atoms with Crippen LogP contribution in [0.25, 0.3) is 5.70 Å². The third kappa shape index (κ3) is 8.07. The number of rotatable bonds is 9. The number of hydrogen-bond acceptors (Lipinski definition) is 5. The zero-order valence-corrected chi connectivity index (χ0v) is 21.3. The summed E-state index contributed by atoms with van der Waals surface area (Å²) < 4.78 is 39.3. The van der Waals surface area contributed by atoms with Crippen LogP contribution in [0.4, 0.5) is 24.5 Å². The van der Waals surface area contributed by atoms with Gasteiger partial charge in [0.25, 0.3) is 5.91 Å². The number of aryl methyl sites for hydroxylation is 1. The van der Waals surface area contributed by atoms with Crippen molar-refractivity contribution < 1.29 is 18.0 Å². The van der Waals surface area contributed by atoms with Gasteiger partial charge in [0.1, 0.15) is 11.5 Å². The van der Waals surface area contributed by atoms with Crippen molar-refractivity contribution in [3.05, 3.63) is 112 Å². The molecule has 0 aliphatic heterocycles. The highest BCUT2D eigenvalue weighted by molar-refractivity contribution is 6.33. The van der Waals surface area contributed by atoms with E-state index >= 15 is 0 Å². The molecule has 0 aromatic heterocycles. The lowest BCUT2D eigenvalue weighted by Gasteiger charge is -2.15. The molecule has 1 amide bonds. The summed E-state index contributed by atoms with van der Waals surface area (Å²) >= 11 is 6.15. The smallest absolute Gasteiger partial charge is 0.354 e. The Balaban J connectivity index is 1.85. The van der Waals surface area contributed by atoms with Gasteiger partial charge >= 0.3 is 6.18 Å². The Kier molecular flexibility index (Phi) is 9.09. The molecule has 0 bridgehead atoms. The standard InChI is InChI=1S/C28H25ClF3N5O/c1-17-7-13-21(14-8-17)35-26(15-18(2)33)37-27(38)20-11-9-19(10-12-20)24(16-25(34)28(30,31)32)36-23-6-4-3-5-22(23)29/h3-16,33-36H,1-2H3,(H,37,38)/b24-16-,26-15+,33-18?,34-25?. The van der Waals surface area contributed by atoms with Crippen LogP contribution in [0.2, 0.25) is 5.02 Å². The number of anilines is 2. The van der Waals surface area contributed by atoms with Gasteiger partial charge in [0.15, 0.2) is 0 Å². The molecule has 0 unspecified atom stereocenters. The van der Waals surface area contributed by atoms with Gasteiger partial charge in [-0.25, -0.2) is 0 Å². The molecule has 0 aliphatic carbocycles. The van der Waals surface area contributed by atoms with Gasteiger partial charge in [-0.2, -0.15) is 13.2 Å². The van der Waals surface area contributed by atoms with Crippen molar-refractivity contribution in [3.63, 3.8) is 0 Å². The van der Waals surface area contributed by atoms with Gasteiger partial charge < -0.3 is 21.4 Å². The van der Waals surface area contributed by atoms with E-state index in [1.807, 2.05) is 31.2 Å². The first-order chi connectivity index (χ1) is 17.9. The van der Waals surface area contributed by atoms with Gasteiger partial charge in [-0.15, -0.1) is 0 Å². The van der Waals surface area contributed by atoms with Crippen LogP contribution < -0.4 is 16.0 Å². The first-order valence-corrected chi connectivity index (χ1v) is 11.7. The zero-order valence-electron chi connectivity index (χ0n) is 20.5. The molecule has 38 heavy (non-hydrogen) atoms. The number of nitrogens with one attached hydrogen (secondary N) is 5. The number of alkyl halides is 3. The molecule has 0 fully saturated rings. The molecule has 3 aromatic rings. The fourth-order valence-electron chi connectivity index (χ4n) is 3.23. The predicted molar refractivity (Wildman–Crippen MR) is 147 cm³/mol. The Bertz CT molecular complexity index is 1400. The quantitative estimate of drug-likeness (QED) is 0.183. The van der Waals surface area contributed by atoms with Gasteiger partial charge in [-0.1, -0.05) is 53.6 Å². The second-order valence-corrected chi connectivity index (χ2v) is 8.75. The highest BCUT2D eigenvalue weighted by Gasteiger charge is 2.33. The predicted octanol–water partition coefficient (Wildman–Crippen LogP) is 7.41. The number of amides is 1. The lowest BCUT2D eigenvalue weighted by molar-refractivity contribution is -0.0583. The molecule has 196 valence electrons. The Hall–Kier alpha value is -4.37. The molecule has 3 aromatic carbocycles. The van der Waals surface area contributed by atoms with Crippen LogP contribution in [0, 0.1) is 17.7 Å². The van der Waals surface area contributed by atoms with E-state index in [0.717, 1.165) is 5.56 Å². The van der Waals surface area contributed by atoms with Crippen molar-refractivity contribution in [2.75, 3.05) is 10.6 Å². The zero-order chi connectivity index (χ0) is 27.9. The Morgan fingerprint density at radius 1 is 0.868 bits per heavy atom. The van der Waals surface area contributed by atoms with Crippen LogP contribution >= 0.6 is 11.6 Å². The number of para-hydroxylation sites is 1. The number of hydrogen-bond donors (Lipinski definition) is 5. The molecular weight excluding hydrogens is 515 g/mol. The molecule has 0 saturated heterocycles. The van der Waals surface area contributed by atoms with Crippen LogP contribution in [-0.4, -0.2) is 23.5 Å². The van der Waals surface area contributed by atoms with Gasteiger partial charge in [-0.3, -0.25) is 10.2 Å². The van der Waals surface area contributed by atoms with Crippen LogP contribution in [0.5, 0.6) is 0 Å². The van der Waals surface area contributed by atoms with E-state index < -0.39 is 17.8 Å². The highest BCUT2D eigenvalue weighted by Crippen LogP contribution is 2.27. The largest absolute Gasteiger partial charge is 0.432 e. The lowest BCUT2D eigenvalue weighted by Crippen LogP contribution is -2.27. The summed E-state index contributed by atoms with van der Waals surface area (Å²) in [6.07, 6.45) is -2.71. The molecular formula is C28H25ClF3N5O. The van der Waals surface area contributed by atoms with E-state index in [9.17, 15) is 18.0 Å². The third-order valence-corrected chi connectivity index (χ3v) is 5.46. The topological polar surface area (TPSA) is 101 Å². The summed E-state index contributed by atoms with van der Waals surface area (Å²) in [5.41, 5.74) is 1.32. The van der Waals surface area contributed by atoms with Crippen molar-refractivity contribution in [1.29, 1.82) is 10.8 Å². The maximum atomic E-state index is 13.1. The van der Waals surface area contributed by atoms with Crippen molar-refractivity contribution in [2.45, 2.75) is 20.0 Å². The van der Waals surface area contributed by atoms with E-state index in [1.54, 1.807) is 31.2 Å². The summed E-state index contributed by atoms with van der Waals surface area (Å²) in [6.45, 7) is 3.51. The van der Waals surface area contributed by atoms with Crippen LogP contribution in [0.3, 0.4) is 0 Å². The van der Waals surface area contributed by atoms with Gasteiger partial charge in [0.2, 0.25) is 0 Å².